The summed E-state index contributed by atoms with van der Waals surface area (Å²) in [5, 5.41) is 11.2. The fraction of sp³-hybridized carbons (Fsp3) is 0.812. The summed E-state index contributed by atoms with van der Waals surface area (Å²) in [6.07, 6.45) is 14.7. The molecule has 0 bridgehead atoms. The van der Waals surface area contributed by atoms with Gasteiger partial charge in [0.05, 0.1) is 12.5 Å². The second-order valence-corrected chi connectivity index (χ2v) is 7.23. The smallest absolute Gasteiger partial charge is 0.549 e. The number of allylic oxidation sites excluding steroid dienone is 1. The van der Waals surface area contributed by atoms with Crippen LogP contribution in [0.1, 0.15) is 77.6 Å². The van der Waals surface area contributed by atoms with Gasteiger partial charge in [-0.3, -0.25) is 0 Å². The molecule has 0 saturated carbocycles. The molecule has 0 atom stereocenters. The van der Waals surface area contributed by atoms with E-state index < -0.39 is 22.5 Å². The van der Waals surface area contributed by atoms with Crippen molar-refractivity contribution in [2.24, 2.45) is 0 Å². The van der Waals surface area contributed by atoms with Crippen LogP contribution in [0.15, 0.2) is 11.5 Å². The Balaban J connectivity index is 0. The molecule has 7 heteroatoms. The molecule has 0 aliphatic heterocycles. The first-order valence-corrected chi connectivity index (χ1v) is 9.88. The summed E-state index contributed by atoms with van der Waals surface area (Å²) in [4.78, 5) is 10.2. The van der Waals surface area contributed by atoms with Crippen LogP contribution in [-0.4, -0.2) is 20.9 Å². The van der Waals surface area contributed by atoms with Crippen LogP contribution < -0.4 is 39.4 Å². The summed E-state index contributed by atoms with van der Waals surface area (Å²) in [7, 11) is -3.64. The summed E-state index contributed by atoms with van der Waals surface area (Å²) in [6, 6.07) is 0. The Morgan fingerprint density at radius 2 is 1.43 bits per heavy atom. The minimum atomic E-state index is -3.64. The average molecular weight is 355 g/mol. The number of carbonyl (C=O) groups is 1. The van der Waals surface area contributed by atoms with Crippen LogP contribution in [0.5, 0.6) is 0 Å². The van der Waals surface area contributed by atoms with Crippen LogP contribution in [-0.2, 0) is 14.8 Å². The van der Waals surface area contributed by atoms with Gasteiger partial charge >= 0.3 is 29.6 Å². The molecule has 0 spiro atoms. The Morgan fingerprint density at radius 3 is 1.91 bits per heavy atom. The first-order chi connectivity index (χ1) is 10.5. The molecule has 130 valence electrons. The molecule has 0 aliphatic carbocycles. The first kappa shape index (κ1) is 25.4. The Labute approximate surface area is 163 Å². The van der Waals surface area contributed by atoms with E-state index in [9.17, 15) is 18.3 Å². The number of carboxylic acid groups (broad SMARTS) is 1. The average Bonchev–Trinajstić information content (AvgIpc) is 2.46. The van der Waals surface area contributed by atoms with Crippen molar-refractivity contribution in [3.63, 3.8) is 0 Å². The maximum Gasteiger partial charge on any atom is 1.00 e. The molecule has 0 rings (SSSR count). The molecule has 1 N–H and O–H groups in total. The fourth-order valence-electron chi connectivity index (χ4n) is 2.15. The number of hydrogen-bond acceptors (Lipinski definition) is 4. The monoisotopic (exact) mass is 355 g/mol. The molecule has 23 heavy (non-hydrogen) atoms. The van der Waals surface area contributed by atoms with Crippen molar-refractivity contribution >= 4 is 16.0 Å². The number of carbonyl (C=O) groups excluding carboxylic acids is 1. The first-order valence-electron chi connectivity index (χ1n) is 8.34. The van der Waals surface area contributed by atoms with Crippen LogP contribution in [0.2, 0.25) is 0 Å². The van der Waals surface area contributed by atoms with Gasteiger partial charge in [-0.1, -0.05) is 70.8 Å². The van der Waals surface area contributed by atoms with Crippen molar-refractivity contribution in [2.75, 3.05) is 6.54 Å². The van der Waals surface area contributed by atoms with Crippen molar-refractivity contribution in [2.45, 2.75) is 77.6 Å². The van der Waals surface area contributed by atoms with Crippen LogP contribution in [0.4, 0.5) is 0 Å². The minimum absolute atomic E-state index is 0. The van der Waals surface area contributed by atoms with Gasteiger partial charge in [-0.25, -0.2) is 13.1 Å². The third kappa shape index (κ3) is 20.1. The summed E-state index contributed by atoms with van der Waals surface area (Å²) >= 11 is 0. The molecule has 0 aliphatic rings. The van der Waals surface area contributed by atoms with E-state index in [1.54, 1.807) is 6.08 Å². The molecular formula is C16H30NNaO4S. The fourth-order valence-corrected chi connectivity index (χ4v) is 2.96. The minimum Gasteiger partial charge on any atom is -0.549 e. The number of aliphatic carboxylic acids is 1. The van der Waals surface area contributed by atoms with E-state index in [1.807, 2.05) is 4.72 Å². The number of nitrogens with one attached hydrogen (secondary N) is 1. The Bertz CT molecular complexity index is 410. The summed E-state index contributed by atoms with van der Waals surface area (Å²) < 4.78 is 24.6. The number of hydrogen-bond donors (Lipinski definition) is 1. The van der Waals surface area contributed by atoms with Crippen molar-refractivity contribution in [3.05, 3.63) is 11.5 Å². The third-order valence-corrected chi connectivity index (χ3v) is 4.51. The quantitative estimate of drug-likeness (QED) is 0.316. The van der Waals surface area contributed by atoms with E-state index in [2.05, 4.69) is 6.92 Å². The standard InChI is InChI=1S/C16H31NO4S.Na/c1-2-3-4-5-6-7-8-9-10-11-12-13-14-22(20,21)17-15-16(18)19;/h13-14,17H,2-12,15H2,1H3,(H,18,19);/q;+1/p-1/b14-13+;. The van der Waals surface area contributed by atoms with Gasteiger partial charge in [0.2, 0.25) is 10.0 Å². The second-order valence-electron chi connectivity index (χ2n) is 5.58. The van der Waals surface area contributed by atoms with E-state index in [0.29, 0.717) is 6.42 Å². The van der Waals surface area contributed by atoms with Crippen LogP contribution in [0.25, 0.3) is 0 Å². The van der Waals surface area contributed by atoms with E-state index in [0.717, 1.165) is 18.2 Å². The second kappa shape index (κ2) is 17.0. The normalized spacial score (nSPS) is 11.5. The van der Waals surface area contributed by atoms with E-state index in [1.165, 1.54) is 51.4 Å². The molecule has 0 fully saturated rings. The number of carboxylic acids is 1. The van der Waals surface area contributed by atoms with Gasteiger partial charge in [0.15, 0.2) is 0 Å². The molecule has 0 aromatic carbocycles. The molecule has 0 heterocycles. The van der Waals surface area contributed by atoms with E-state index in [-0.39, 0.29) is 29.6 Å². The molecule has 0 saturated heterocycles. The third-order valence-electron chi connectivity index (χ3n) is 3.42. The van der Waals surface area contributed by atoms with Gasteiger partial charge in [0, 0.05) is 5.41 Å². The van der Waals surface area contributed by atoms with Crippen LogP contribution in [0, 0.1) is 0 Å². The van der Waals surface area contributed by atoms with Gasteiger partial charge < -0.3 is 9.90 Å². The zero-order chi connectivity index (χ0) is 16.7. The Morgan fingerprint density at radius 1 is 0.957 bits per heavy atom. The van der Waals surface area contributed by atoms with Gasteiger partial charge in [0.25, 0.3) is 0 Å². The number of unbranched alkanes of at least 4 members (excludes halogenated alkanes) is 10. The molecule has 5 nitrogen and oxygen atoms in total. The maximum atomic E-state index is 11.3. The van der Waals surface area contributed by atoms with Gasteiger partial charge in [0.1, 0.15) is 0 Å². The molecule has 0 aromatic rings. The van der Waals surface area contributed by atoms with Gasteiger partial charge in [-0.2, -0.15) is 0 Å². The molecule has 0 amide bonds. The van der Waals surface area contributed by atoms with Crippen LogP contribution >= 0.6 is 0 Å². The van der Waals surface area contributed by atoms with Crippen molar-refractivity contribution in [1.82, 2.24) is 4.72 Å². The SMILES string of the molecule is CCCCCCCCCCCC/C=C/S(=O)(=O)NCC(=O)[O-].[Na+]. The largest absolute Gasteiger partial charge is 1.00 e. The molecule has 0 unspecified atom stereocenters. The zero-order valence-electron chi connectivity index (χ0n) is 14.7. The van der Waals surface area contributed by atoms with Crippen molar-refractivity contribution < 1.29 is 47.9 Å². The Hall–Kier alpha value is 0.120. The predicted octanol–water partition coefficient (Wildman–Crippen LogP) is -0.516. The number of rotatable bonds is 15. The molecular weight excluding hydrogens is 325 g/mol. The zero-order valence-corrected chi connectivity index (χ0v) is 17.5. The summed E-state index contributed by atoms with van der Waals surface area (Å²) in [5.41, 5.74) is 0. The van der Waals surface area contributed by atoms with Gasteiger partial charge in [-0.05, 0) is 12.8 Å². The van der Waals surface area contributed by atoms with Gasteiger partial charge in [-0.15, -0.1) is 0 Å². The molecule has 0 radical (unpaired) electrons. The maximum absolute atomic E-state index is 11.3. The molecule has 0 aromatic heterocycles. The van der Waals surface area contributed by atoms with Crippen LogP contribution in [0.3, 0.4) is 0 Å². The predicted molar refractivity (Wildman–Crippen MR) is 87.5 cm³/mol. The summed E-state index contributed by atoms with van der Waals surface area (Å²) in [6.45, 7) is 1.53. The van der Waals surface area contributed by atoms with E-state index >= 15 is 0 Å². The van der Waals surface area contributed by atoms with Crippen molar-refractivity contribution in [3.8, 4) is 0 Å². The number of sulfonamides is 1. The summed E-state index contributed by atoms with van der Waals surface area (Å²) in [5.74, 6) is -1.44. The topological polar surface area (TPSA) is 86.3 Å². The van der Waals surface area contributed by atoms with E-state index in [4.69, 9.17) is 0 Å². The van der Waals surface area contributed by atoms with Crippen molar-refractivity contribution in [1.29, 1.82) is 0 Å². The Kier molecular flexibility index (Phi) is 18.7.